The van der Waals surface area contributed by atoms with Gasteiger partial charge in [-0.1, -0.05) is 138 Å². The van der Waals surface area contributed by atoms with Crippen molar-refractivity contribution in [2.45, 2.75) is 58.6 Å². The molecular formula is C79H59Cl2F10N13O4. The van der Waals surface area contributed by atoms with Crippen molar-refractivity contribution in [3.8, 4) is 0 Å². The van der Waals surface area contributed by atoms with Crippen LogP contribution in [0.5, 0.6) is 0 Å². The highest BCUT2D eigenvalue weighted by Crippen LogP contribution is 2.35. The molecule has 0 aliphatic carbocycles. The summed E-state index contributed by atoms with van der Waals surface area (Å²) in [6, 6.07) is 62.4. The number of anilines is 4. The molecule has 5 heterocycles. The molecule has 15 rings (SSSR count). The Balaban J connectivity index is 0.000000135. The average molecular weight is 1520 g/mol. The summed E-state index contributed by atoms with van der Waals surface area (Å²) in [5.74, 6) is 0.0618. The number of nitrogens with one attached hydrogen (secondary N) is 3. The highest BCUT2D eigenvalue weighted by Gasteiger charge is 2.32. The third-order valence-electron chi connectivity index (χ3n) is 17.0. The second kappa shape index (κ2) is 32.0. The van der Waals surface area contributed by atoms with E-state index < -0.39 is 46.9 Å². The number of carbonyl (C=O) groups is 3. The summed E-state index contributed by atoms with van der Waals surface area (Å²) < 4.78 is 139. The molecule has 17 nitrogen and oxygen atoms in total. The van der Waals surface area contributed by atoms with Gasteiger partial charge in [0.05, 0.1) is 81.0 Å². The van der Waals surface area contributed by atoms with E-state index in [2.05, 4.69) is 41.5 Å². The van der Waals surface area contributed by atoms with Gasteiger partial charge < -0.3 is 26.2 Å². The number of amides is 3. The molecule has 0 saturated heterocycles. The van der Waals surface area contributed by atoms with Gasteiger partial charge in [0.2, 0.25) is 0 Å². The average Bonchev–Trinajstić information content (AvgIpc) is 1.66. The Bertz CT molecular complexity index is 5720. The maximum Gasteiger partial charge on any atom is 0.416 e. The molecule has 0 spiro atoms. The topological polar surface area (TPSA) is 211 Å². The van der Waals surface area contributed by atoms with E-state index in [9.17, 15) is 58.3 Å². The number of alkyl halides is 9. The number of halogens is 12. The number of fused-ring (bicyclic) bond motifs is 4. The molecule has 0 atom stereocenters. The number of carbonyl (C=O) groups excluding carboxylic acids is 3. The van der Waals surface area contributed by atoms with Crippen molar-refractivity contribution < 1.29 is 62.8 Å². The van der Waals surface area contributed by atoms with E-state index in [1.807, 2.05) is 103 Å². The van der Waals surface area contributed by atoms with Gasteiger partial charge in [0.25, 0.3) is 17.7 Å². The van der Waals surface area contributed by atoms with Crippen molar-refractivity contribution in [1.82, 2.24) is 44.3 Å². The second-order valence-electron chi connectivity index (χ2n) is 24.5. The Morgan fingerprint density at radius 2 is 0.778 bits per heavy atom. The van der Waals surface area contributed by atoms with Crippen molar-refractivity contribution in [3.05, 3.63) is 326 Å². The van der Waals surface area contributed by atoms with Crippen molar-refractivity contribution >= 4 is 108 Å². The molecule has 5 N–H and O–H groups in total. The molecule has 29 heteroatoms. The van der Waals surface area contributed by atoms with Gasteiger partial charge in [0.15, 0.2) is 23.3 Å². The minimum Gasteiger partial charge on any atom is -0.382 e. The van der Waals surface area contributed by atoms with Crippen molar-refractivity contribution in [2.75, 3.05) is 21.7 Å². The van der Waals surface area contributed by atoms with Crippen LogP contribution in [0.15, 0.2) is 247 Å². The van der Waals surface area contributed by atoms with Crippen LogP contribution in [-0.4, -0.2) is 62.0 Å². The number of nitrogen functional groups attached to an aromatic ring is 1. The number of rotatable bonds is 14. The molecule has 3 amide bonds. The quantitative estimate of drug-likeness (QED) is 0.0757. The molecule has 15 aromatic rings. The summed E-state index contributed by atoms with van der Waals surface area (Å²) in [5, 5.41) is 34.0. The first-order valence-corrected chi connectivity index (χ1v) is 33.5. The monoisotopic (exact) mass is 1510 g/mol. The van der Waals surface area contributed by atoms with Crippen LogP contribution in [0.3, 0.4) is 0 Å². The van der Waals surface area contributed by atoms with Gasteiger partial charge >= 0.3 is 18.5 Å². The molecule has 5 aromatic heterocycles. The number of nitrogens with zero attached hydrogens (tertiary/aromatic N) is 9. The zero-order chi connectivity index (χ0) is 76.6. The largest absolute Gasteiger partial charge is 0.416 e. The van der Waals surface area contributed by atoms with E-state index in [0.29, 0.717) is 96.2 Å². The van der Waals surface area contributed by atoms with Gasteiger partial charge in [-0.15, -0.1) is 0 Å². The summed E-state index contributed by atoms with van der Waals surface area (Å²) in [6.07, 6.45) is -11.8. The lowest BCUT2D eigenvalue weighted by Gasteiger charge is -2.08. The van der Waals surface area contributed by atoms with E-state index in [0.717, 1.165) is 74.8 Å². The van der Waals surface area contributed by atoms with Crippen LogP contribution in [0.25, 0.3) is 43.6 Å². The SMILES string of the molecule is Cc1ccccc1C(=O)Nc1nn(Cc2ccc(C(F)(F)F)cc2)c2ccccc12.Cc1nocc1C(=O)Nc1nn(Cc2ccc(Cl)cc2)c2ccccc12.Nc1nn(Cc2ccc(C(F)(F)F)cc2)c2cccc(Cl)c12.O=C(Nc1nn(Cc2ccc(C(F)(F)F)cc2)c2ccccc12)c1ccc(F)cc1. The molecule has 108 heavy (non-hydrogen) atoms. The molecule has 0 radical (unpaired) electrons. The summed E-state index contributed by atoms with van der Waals surface area (Å²) in [5.41, 5.74) is 12.6. The third-order valence-corrected chi connectivity index (χ3v) is 17.6. The maximum atomic E-state index is 13.1. The van der Waals surface area contributed by atoms with Gasteiger partial charge in [-0.25, -0.2) is 4.39 Å². The number of aromatic nitrogens is 9. The zero-order valence-corrected chi connectivity index (χ0v) is 58.2. The molecule has 0 aliphatic rings. The highest BCUT2D eigenvalue weighted by atomic mass is 35.5. The van der Waals surface area contributed by atoms with Gasteiger partial charge in [-0.05, 0) is 169 Å². The number of aryl methyl sites for hydroxylation is 2. The molecule has 0 aliphatic heterocycles. The van der Waals surface area contributed by atoms with E-state index in [1.54, 1.807) is 69.5 Å². The zero-order valence-electron chi connectivity index (χ0n) is 56.7. The van der Waals surface area contributed by atoms with Gasteiger partial charge in [0, 0.05) is 32.3 Å². The predicted molar refractivity (Wildman–Crippen MR) is 393 cm³/mol. The fraction of sp³-hybridized carbons (Fsp3) is 0.114. The fourth-order valence-corrected chi connectivity index (χ4v) is 11.9. The second-order valence-corrected chi connectivity index (χ2v) is 25.3. The number of para-hydroxylation sites is 3. The Morgan fingerprint density at radius 3 is 1.18 bits per heavy atom. The predicted octanol–water partition coefficient (Wildman–Crippen LogP) is 19.8. The summed E-state index contributed by atoms with van der Waals surface area (Å²) in [4.78, 5) is 37.7. The van der Waals surface area contributed by atoms with Crippen LogP contribution in [-0.2, 0) is 44.7 Å². The summed E-state index contributed by atoms with van der Waals surface area (Å²) in [6.45, 7) is 4.96. The van der Waals surface area contributed by atoms with Crippen molar-refractivity contribution in [1.29, 1.82) is 0 Å². The van der Waals surface area contributed by atoms with Gasteiger partial charge in [-0.2, -0.15) is 59.9 Å². The van der Waals surface area contributed by atoms with Crippen LogP contribution >= 0.6 is 23.2 Å². The lowest BCUT2D eigenvalue weighted by Crippen LogP contribution is -2.14. The molecule has 548 valence electrons. The lowest BCUT2D eigenvalue weighted by molar-refractivity contribution is -0.138. The molecule has 0 saturated carbocycles. The summed E-state index contributed by atoms with van der Waals surface area (Å²) in [7, 11) is 0. The van der Waals surface area contributed by atoms with E-state index in [4.69, 9.17) is 33.5 Å². The summed E-state index contributed by atoms with van der Waals surface area (Å²) >= 11 is 12.0. The van der Waals surface area contributed by atoms with Crippen LogP contribution in [0.2, 0.25) is 10.0 Å². The van der Waals surface area contributed by atoms with Crippen LogP contribution in [0.1, 0.15) is 81.3 Å². The molecule has 0 bridgehead atoms. The standard InChI is InChI=1S/C23H18F3N3O.C22H15F4N3O.C19H15ClN4O2.C15H11ClF3N3/c1-15-6-2-3-7-18(15)22(30)27-21-19-8-4-5-9-20(19)29(28-21)14-16-10-12-17(13-11-16)23(24,25)26;23-17-11-7-15(8-12-17)21(30)27-20-18-3-1-2-4-19(18)29(28-20)13-14-5-9-16(10-6-14)22(24,25)26;1-12-16(11-26-23-12)19(25)21-18-15-4-2-3-5-17(15)24(22-18)10-13-6-8-14(20)9-7-13;16-11-2-1-3-12-13(11)14(20)21-22(12)8-9-4-6-10(7-5-9)15(17,18)19/h2-13H,14H2,1H3,(H,27,28,30);1-12H,13H2,(H,27,28,30);2-9,11H,10H2,1H3,(H,21,22,25);1-7H,8H2,(H2,20,21). The molecule has 0 unspecified atom stereocenters. The normalized spacial score (nSPS) is 11.5. The molecule has 0 fully saturated rings. The smallest absolute Gasteiger partial charge is 0.382 e. The number of hydrogen-bond donors (Lipinski definition) is 4. The maximum absolute atomic E-state index is 13.1. The fourth-order valence-electron chi connectivity index (χ4n) is 11.5. The number of hydrogen-bond acceptors (Lipinski definition) is 10. The minimum atomic E-state index is -4.39. The van der Waals surface area contributed by atoms with Gasteiger partial charge in [0.1, 0.15) is 17.6 Å². The van der Waals surface area contributed by atoms with E-state index in [-0.39, 0.29) is 30.5 Å². The van der Waals surface area contributed by atoms with Crippen molar-refractivity contribution in [3.63, 3.8) is 0 Å². The molecular weight excluding hydrogens is 1460 g/mol. The number of nitrogens with two attached hydrogens (primary N) is 1. The molecule has 10 aromatic carbocycles. The Kier molecular flexibility index (Phi) is 22.2. The Labute approximate surface area is 617 Å². The highest BCUT2D eigenvalue weighted by molar-refractivity contribution is 6.36. The van der Waals surface area contributed by atoms with Crippen LogP contribution in [0, 0.1) is 19.7 Å². The Hall–Kier alpha value is -12.6. The minimum absolute atomic E-state index is 0.227. The third kappa shape index (κ3) is 17.8. The lowest BCUT2D eigenvalue weighted by atomic mass is 10.1. The van der Waals surface area contributed by atoms with E-state index >= 15 is 0 Å². The van der Waals surface area contributed by atoms with Gasteiger partial charge in [-0.3, -0.25) is 33.1 Å². The van der Waals surface area contributed by atoms with Crippen LogP contribution < -0.4 is 21.7 Å². The number of benzene rings is 10. The first-order valence-electron chi connectivity index (χ1n) is 32.8. The Morgan fingerprint density at radius 1 is 0.417 bits per heavy atom. The van der Waals surface area contributed by atoms with Crippen molar-refractivity contribution in [2.24, 2.45) is 0 Å². The van der Waals surface area contributed by atoms with E-state index in [1.165, 1.54) is 66.9 Å². The first-order chi connectivity index (χ1) is 51.6. The first kappa shape index (κ1) is 75.1. The van der Waals surface area contributed by atoms with Crippen LogP contribution in [0.4, 0.5) is 67.2 Å².